The van der Waals surface area contributed by atoms with Crippen LogP contribution in [0, 0.1) is 0 Å². The third-order valence-corrected chi connectivity index (χ3v) is 4.18. The first-order valence-corrected chi connectivity index (χ1v) is 8.39. The Hall–Kier alpha value is -3.52. The minimum atomic E-state index is -1.40. The number of carboxylic acid groups (broad SMARTS) is 1. The second-order valence-electron chi connectivity index (χ2n) is 5.74. The number of nitrogens with one attached hydrogen (secondary N) is 2. The fourth-order valence-electron chi connectivity index (χ4n) is 2.63. The third kappa shape index (κ3) is 3.70. The molecule has 0 aliphatic heterocycles. The number of anilines is 1. The maximum absolute atomic E-state index is 10.6. The van der Waals surface area contributed by atoms with Gasteiger partial charge in [-0.05, 0) is 17.7 Å². The molecular formula is C18H14ClN5O3. The second kappa shape index (κ2) is 7.00. The van der Waals surface area contributed by atoms with Crippen molar-refractivity contribution in [2.45, 2.75) is 6.54 Å². The first-order chi connectivity index (χ1) is 13.1. The van der Waals surface area contributed by atoms with Crippen molar-refractivity contribution in [2.24, 2.45) is 0 Å². The summed E-state index contributed by atoms with van der Waals surface area (Å²) in [7, 11) is 0. The summed E-state index contributed by atoms with van der Waals surface area (Å²) < 4.78 is 5.96. The number of halogens is 1. The van der Waals surface area contributed by atoms with Crippen LogP contribution in [0.25, 0.3) is 17.0 Å². The first kappa shape index (κ1) is 16.9. The maximum atomic E-state index is 10.6. The van der Waals surface area contributed by atoms with E-state index in [4.69, 9.17) is 16.7 Å². The number of fused-ring (bicyclic) bond motifs is 1. The van der Waals surface area contributed by atoms with Crippen LogP contribution in [-0.2, 0) is 6.54 Å². The van der Waals surface area contributed by atoms with Crippen LogP contribution in [0.15, 0.2) is 54.9 Å². The van der Waals surface area contributed by atoms with Gasteiger partial charge in [0.15, 0.2) is 5.75 Å². The van der Waals surface area contributed by atoms with Crippen LogP contribution < -0.4 is 10.1 Å². The summed E-state index contributed by atoms with van der Waals surface area (Å²) in [5, 5.41) is 16.6. The number of aromatic amines is 1. The SMILES string of the molecule is O=C(O)Oc1cnn(-c2nc3cc(NCc4ccccc4)c(Cl)cc3[nH]2)c1. The Balaban J connectivity index is 1.59. The molecule has 9 heteroatoms. The van der Waals surface area contributed by atoms with E-state index >= 15 is 0 Å². The minimum Gasteiger partial charge on any atom is -0.449 e. The van der Waals surface area contributed by atoms with E-state index in [9.17, 15) is 4.79 Å². The number of imidazole rings is 1. The highest BCUT2D eigenvalue weighted by Gasteiger charge is 2.11. The molecule has 8 nitrogen and oxygen atoms in total. The number of aromatic nitrogens is 4. The Morgan fingerprint density at radius 3 is 2.89 bits per heavy atom. The fraction of sp³-hybridized carbons (Fsp3) is 0.0556. The van der Waals surface area contributed by atoms with Gasteiger partial charge in [0.1, 0.15) is 0 Å². The van der Waals surface area contributed by atoms with E-state index in [-0.39, 0.29) is 5.75 Å². The zero-order valence-electron chi connectivity index (χ0n) is 13.9. The van der Waals surface area contributed by atoms with Crippen LogP contribution in [0.5, 0.6) is 5.75 Å². The van der Waals surface area contributed by atoms with Crippen molar-refractivity contribution in [3.63, 3.8) is 0 Å². The summed E-state index contributed by atoms with van der Waals surface area (Å²) in [6, 6.07) is 13.6. The van der Waals surface area contributed by atoms with Crippen LogP contribution in [0.4, 0.5) is 10.5 Å². The lowest BCUT2D eigenvalue weighted by molar-refractivity contribution is 0.144. The minimum absolute atomic E-state index is 0.103. The molecule has 0 amide bonds. The van der Waals surface area contributed by atoms with E-state index in [1.54, 1.807) is 6.07 Å². The van der Waals surface area contributed by atoms with Gasteiger partial charge in [-0.15, -0.1) is 0 Å². The summed E-state index contributed by atoms with van der Waals surface area (Å²) in [4.78, 5) is 18.2. The van der Waals surface area contributed by atoms with E-state index in [2.05, 4.69) is 25.1 Å². The molecule has 136 valence electrons. The van der Waals surface area contributed by atoms with Gasteiger partial charge in [-0.3, -0.25) is 0 Å². The van der Waals surface area contributed by atoms with Gasteiger partial charge in [0.2, 0.25) is 5.95 Å². The molecule has 4 aromatic rings. The summed E-state index contributed by atoms with van der Waals surface area (Å²) >= 11 is 6.37. The summed E-state index contributed by atoms with van der Waals surface area (Å²) in [6.07, 6.45) is 1.31. The van der Waals surface area contributed by atoms with E-state index in [0.717, 1.165) is 16.8 Å². The lowest BCUT2D eigenvalue weighted by Gasteiger charge is -2.08. The van der Waals surface area contributed by atoms with Crippen LogP contribution in [0.2, 0.25) is 5.02 Å². The topological polar surface area (TPSA) is 105 Å². The number of benzene rings is 2. The lowest BCUT2D eigenvalue weighted by Crippen LogP contribution is -2.02. The Morgan fingerprint density at radius 2 is 2.11 bits per heavy atom. The predicted octanol–water partition coefficient (Wildman–Crippen LogP) is 4.07. The van der Waals surface area contributed by atoms with Gasteiger partial charge in [0.05, 0.1) is 34.1 Å². The molecule has 0 aliphatic carbocycles. The molecule has 0 atom stereocenters. The number of carbonyl (C=O) groups is 1. The Labute approximate surface area is 158 Å². The van der Waals surface area contributed by atoms with Gasteiger partial charge in [0.25, 0.3) is 0 Å². The van der Waals surface area contributed by atoms with Gasteiger partial charge >= 0.3 is 6.16 Å². The molecule has 0 saturated heterocycles. The van der Waals surface area contributed by atoms with Crippen LogP contribution in [-0.4, -0.2) is 31.0 Å². The highest BCUT2D eigenvalue weighted by atomic mass is 35.5. The van der Waals surface area contributed by atoms with E-state index in [0.29, 0.717) is 23.0 Å². The molecule has 2 aromatic heterocycles. The zero-order chi connectivity index (χ0) is 18.8. The molecule has 0 saturated carbocycles. The molecule has 0 fully saturated rings. The fourth-order valence-corrected chi connectivity index (χ4v) is 2.86. The van der Waals surface area contributed by atoms with Gasteiger partial charge in [-0.2, -0.15) is 5.10 Å². The van der Waals surface area contributed by atoms with Crippen molar-refractivity contribution in [1.29, 1.82) is 0 Å². The predicted molar refractivity (Wildman–Crippen MR) is 101 cm³/mol. The lowest BCUT2D eigenvalue weighted by atomic mass is 10.2. The van der Waals surface area contributed by atoms with Gasteiger partial charge in [-0.25, -0.2) is 14.5 Å². The largest absolute Gasteiger partial charge is 0.511 e. The highest BCUT2D eigenvalue weighted by molar-refractivity contribution is 6.34. The number of H-pyrrole nitrogens is 1. The molecule has 0 spiro atoms. The molecule has 2 heterocycles. The Bertz CT molecular complexity index is 1110. The zero-order valence-corrected chi connectivity index (χ0v) is 14.6. The number of ether oxygens (including phenoxy) is 1. The summed E-state index contributed by atoms with van der Waals surface area (Å²) in [5.74, 6) is 0.521. The maximum Gasteiger partial charge on any atom is 0.511 e. The standard InChI is InChI=1S/C18H14ClN5O3/c19-13-6-15-16(7-14(13)20-8-11-4-2-1-3-5-11)23-17(22-15)24-10-12(9-21-24)27-18(25)26/h1-7,9-10,20H,8H2,(H,22,23)(H,25,26). The molecule has 3 N–H and O–H groups in total. The summed E-state index contributed by atoms with van der Waals surface area (Å²) in [5.41, 5.74) is 3.33. The third-order valence-electron chi connectivity index (χ3n) is 3.87. The van der Waals surface area contributed by atoms with Crippen molar-refractivity contribution >= 4 is 34.5 Å². The number of hydrogen-bond donors (Lipinski definition) is 3. The van der Waals surface area contributed by atoms with Crippen molar-refractivity contribution < 1.29 is 14.6 Å². The highest BCUT2D eigenvalue weighted by Crippen LogP contribution is 2.28. The first-order valence-electron chi connectivity index (χ1n) is 8.01. The monoisotopic (exact) mass is 383 g/mol. The number of hydrogen-bond acceptors (Lipinski definition) is 5. The van der Waals surface area contributed by atoms with Crippen LogP contribution in [0.3, 0.4) is 0 Å². The molecule has 0 unspecified atom stereocenters. The van der Waals surface area contributed by atoms with Crippen molar-refractivity contribution in [3.8, 4) is 11.7 Å². The smallest absolute Gasteiger partial charge is 0.449 e. The molecule has 0 aliphatic rings. The molecular weight excluding hydrogens is 370 g/mol. The summed E-state index contributed by atoms with van der Waals surface area (Å²) in [6.45, 7) is 0.637. The second-order valence-corrected chi connectivity index (χ2v) is 6.14. The van der Waals surface area contributed by atoms with Crippen LogP contribution in [0.1, 0.15) is 5.56 Å². The average Bonchev–Trinajstić information content (AvgIpc) is 3.26. The van der Waals surface area contributed by atoms with Crippen LogP contribution >= 0.6 is 11.6 Å². The van der Waals surface area contributed by atoms with E-state index < -0.39 is 6.16 Å². The van der Waals surface area contributed by atoms with Gasteiger partial charge < -0.3 is 20.1 Å². The van der Waals surface area contributed by atoms with Crippen molar-refractivity contribution in [1.82, 2.24) is 19.7 Å². The van der Waals surface area contributed by atoms with Gasteiger partial charge in [-0.1, -0.05) is 41.9 Å². The normalized spacial score (nSPS) is 10.9. The molecule has 0 radical (unpaired) electrons. The van der Waals surface area contributed by atoms with Crippen molar-refractivity contribution in [2.75, 3.05) is 5.32 Å². The number of nitrogens with zero attached hydrogens (tertiary/aromatic N) is 3. The Morgan fingerprint density at radius 1 is 1.30 bits per heavy atom. The quantitative estimate of drug-likeness (QED) is 0.449. The van der Waals surface area contributed by atoms with Gasteiger partial charge in [0, 0.05) is 6.54 Å². The van der Waals surface area contributed by atoms with E-state index in [1.807, 2.05) is 36.4 Å². The molecule has 27 heavy (non-hydrogen) atoms. The van der Waals surface area contributed by atoms with Crippen molar-refractivity contribution in [3.05, 3.63) is 65.4 Å². The average molecular weight is 384 g/mol. The molecule has 2 aromatic carbocycles. The molecule has 0 bridgehead atoms. The number of rotatable bonds is 5. The Kier molecular flexibility index (Phi) is 4.39. The molecule has 4 rings (SSSR count). The van der Waals surface area contributed by atoms with E-state index in [1.165, 1.54) is 17.1 Å².